The van der Waals surface area contributed by atoms with Gasteiger partial charge in [-0.2, -0.15) is 10.4 Å². The van der Waals surface area contributed by atoms with Crippen molar-refractivity contribution in [3.63, 3.8) is 0 Å². The molecule has 2 aromatic heterocycles. The molecule has 24 heavy (non-hydrogen) atoms. The van der Waals surface area contributed by atoms with Gasteiger partial charge in [0.1, 0.15) is 0 Å². The maximum Gasteiger partial charge on any atom is 0.272 e. The number of rotatable bonds is 2. The number of nitriles is 1. The van der Waals surface area contributed by atoms with Crippen LogP contribution in [0.5, 0.6) is 0 Å². The summed E-state index contributed by atoms with van der Waals surface area (Å²) in [5, 5.41) is 17.0. The minimum Gasteiger partial charge on any atom is -0.325 e. The van der Waals surface area contributed by atoms with Crippen molar-refractivity contribution in [1.29, 1.82) is 5.26 Å². The van der Waals surface area contributed by atoms with E-state index in [0.717, 1.165) is 27.8 Å². The third-order valence-electron chi connectivity index (χ3n) is 4.27. The summed E-state index contributed by atoms with van der Waals surface area (Å²) in [5.41, 5.74) is 10.4. The van der Waals surface area contributed by atoms with Crippen LogP contribution in [0.1, 0.15) is 17.0 Å². The fraction of sp³-hybridized carbons (Fsp3) is 0.111. The van der Waals surface area contributed by atoms with E-state index in [4.69, 9.17) is 5.73 Å². The molecule has 6 heteroatoms. The molecule has 1 aliphatic rings. The predicted molar refractivity (Wildman–Crippen MR) is 90.8 cm³/mol. The summed E-state index contributed by atoms with van der Waals surface area (Å²) in [4.78, 5) is 16.4. The summed E-state index contributed by atoms with van der Waals surface area (Å²) in [5.74, 6) is 0. The Morgan fingerprint density at radius 3 is 2.92 bits per heavy atom. The molecule has 6 nitrogen and oxygen atoms in total. The second kappa shape index (κ2) is 5.41. The van der Waals surface area contributed by atoms with E-state index in [0.29, 0.717) is 23.1 Å². The van der Waals surface area contributed by atoms with Crippen LogP contribution in [0.3, 0.4) is 0 Å². The molecule has 0 spiro atoms. The van der Waals surface area contributed by atoms with E-state index in [1.54, 1.807) is 12.3 Å². The summed E-state index contributed by atoms with van der Waals surface area (Å²) in [6, 6.07) is 9.70. The number of aromatic nitrogens is 3. The molecule has 2 heterocycles. The topological polar surface area (TPSA) is 108 Å². The third kappa shape index (κ3) is 2.11. The van der Waals surface area contributed by atoms with Crippen molar-refractivity contribution < 1.29 is 0 Å². The largest absolute Gasteiger partial charge is 0.325 e. The Morgan fingerprint density at radius 1 is 1.25 bits per heavy atom. The number of benzene rings is 1. The maximum atomic E-state index is 11.9. The molecule has 116 valence electrons. The Bertz CT molecular complexity index is 1100. The fourth-order valence-electron chi connectivity index (χ4n) is 3.02. The molecule has 0 saturated carbocycles. The Balaban J connectivity index is 1.91. The molecule has 3 N–H and O–H groups in total. The molecule has 1 aromatic carbocycles. The Kier molecular flexibility index (Phi) is 3.22. The molecule has 0 unspecified atom stereocenters. The van der Waals surface area contributed by atoms with Gasteiger partial charge in [0.05, 0.1) is 28.4 Å². The predicted octanol–water partition coefficient (Wildman–Crippen LogP) is 1.91. The van der Waals surface area contributed by atoms with Crippen LogP contribution in [0, 0.1) is 11.3 Å². The highest BCUT2D eigenvalue weighted by molar-refractivity contribution is 5.89. The molecule has 0 bridgehead atoms. The lowest BCUT2D eigenvalue weighted by Gasteiger charge is -2.08. The quantitative estimate of drug-likeness (QED) is 0.751. The lowest BCUT2D eigenvalue weighted by atomic mass is 10.00. The number of nitrogens with zero attached hydrogens (tertiary/aromatic N) is 3. The normalized spacial score (nSPS) is 12.8. The molecule has 3 aromatic rings. The average Bonchev–Trinajstić information content (AvgIpc) is 3.04. The van der Waals surface area contributed by atoms with Crippen LogP contribution >= 0.6 is 0 Å². The maximum absolute atomic E-state index is 11.9. The molecule has 0 aliphatic heterocycles. The van der Waals surface area contributed by atoms with E-state index in [9.17, 15) is 10.1 Å². The summed E-state index contributed by atoms with van der Waals surface area (Å²) < 4.78 is 0. The minimum absolute atomic E-state index is 0.237. The van der Waals surface area contributed by atoms with Crippen molar-refractivity contribution in [2.24, 2.45) is 5.73 Å². The van der Waals surface area contributed by atoms with E-state index < -0.39 is 0 Å². The molecule has 0 fully saturated rings. The second-order valence-corrected chi connectivity index (χ2v) is 5.62. The van der Waals surface area contributed by atoms with Crippen molar-refractivity contribution in [3.05, 3.63) is 63.8 Å². The first kappa shape index (κ1) is 14.3. The number of aromatic amines is 1. The van der Waals surface area contributed by atoms with Gasteiger partial charge in [0.25, 0.3) is 5.56 Å². The summed E-state index contributed by atoms with van der Waals surface area (Å²) in [7, 11) is 0. The number of hydrogen-bond donors (Lipinski definition) is 2. The van der Waals surface area contributed by atoms with Crippen molar-refractivity contribution in [1.82, 2.24) is 15.2 Å². The summed E-state index contributed by atoms with van der Waals surface area (Å²) >= 11 is 0. The van der Waals surface area contributed by atoms with Crippen LogP contribution in [0.2, 0.25) is 0 Å². The van der Waals surface area contributed by atoms with Crippen molar-refractivity contribution in [2.75, 3.05) is 0 Å². The van der Waals surface area contributed by atoms with Gasteiger partial charge in [-0.15, -0.1) is 0 Å². The highest BCUT2D eigenvalue weighted by Gasteiger charge is 2.16. The van der Waals surface area contributed by atoms with Crippen LogP contribution in [0.25, 0.3) is 27.5 Å². The SMILES string of the molecule is N#CC1=CCc2ncc(-c3ccc4c(=O)[nH]nc(CN)c4c3)cc21. The standard InChI is InChI=1S/C18H13N5O/c19-7-11-2-4-16-14(11)6-12(9-21-16)10-1-3-13-15(5-10)17(8-20)22-23-18(13)24/h1-3,5-6,9H,4,8,20H2,(H,23,24). The lowest BCUT2D eigenvalue weighted by molar-refractivity contribution is 0.900. The zero-order valence-electron chi connectivity index (χ0n) is 12.7. The monoisotopic (exact) mass is 315 g/mol. The summed E-state index contributed by atoms with van der Waals surface area (Å²) in [6.07, 6.45) is 4.36. The van der Waals surface area contributed by atoms with Gasteiger partial charge in [-0.1, -0.05) is 12.1 Å². The fourth-order valence-corrected chi connectivity index (χ4v) is 3.02. The van der Waals surface area contributed by atoms with Gasteiger partial charge in [-0.25, -0.2) is 5.10 Å². The molecule has 0 saturated heterocycles. The van der Waals surface area contributed by atoms with Crippen LogP contribution in [-0.4, -0.2) is 15.2 Å². The van der Waals surface area contributed by atoms with Crippen LogP contribution in [0.15, 0.2) is 41.3 Å². The molecular weight excluding hydrogens is 302 g/mol. The molecule has 1 aliphatic carbocycles. The van der Waals surface area contributed by atoms with Crippen molar-refractivity contribution in [2.45, 2.75) is 13.0 Å². The van der Waals surface area contributed by atoms with Crippen LogP contribution in [0.4, 0.5) is 0 Å². The molecule has 0 radical (unpaired) electrons. The van der Waals surface area contributed by atoms with E-state index in [1.807, 2.05) is 24.3 Å². The first-order valence-corrected chi connectivity index (χ1v) is 7.52. The molecule has 0 atom stereocenters. The van der Waals surface area contributed by atoms with Crippen molar-refractivity contribution >= 4 is 16.3 Å². The van der Waals surface area contributed by atoms with Crippen LogP contribution < -0.4 is 11.3 Å². The van der Waals surface area contributed by atoms with Gasteiger partial charge >= 0.3 is 0 Å². The summed E-state index contributed by atoms with van der Waals surface area (Å²) in [6.45, 7) is 0.237. The zero-order valence-corrected chi connectivity index (χ0v) is 12.7. The minimum atomic E-state index is -0.240. The Morgan fingerprint density at radius 2 is 2.12 bits per heavy atom. The number of pyridine rings is 1. The second-order valence-electron chi connectivity index (χ2n) is 5.62. The van der Waals surface area contributed by atoms with E-state index in [2.05, 4.69) is 21.3 Å². The number of nitrogens with two attached hydrogens (primary N) is 1. The molecular formula is C18H13N5O. The van der Waals surface area contributed by atoms with Crippen molar-refractivity contribution in [3.8, 4) is 17.2 Å². The smallest absolute Gasteiger partial charge is 0.272 e. The molecule has 4 rings (SSSR count). The van der Waals surface area contributed by atoms with Gasteiger partial charge in [0.15, 0.2) is 0 Å². The van der Waals surface area contributed by atoms with E-state index in [-0.39, 0.29) is 12.1 Å². The number of fused-ring (bicyclic) bond motifs is 2. The zero-order chi connectivity index (χ0) is 16.7. The van der Waals surface area contributed by atoms with Gasteiger partial charge in [-0.3, -0.25) is 9.78 Å². The lowest BCUT2D eigenvalue weighted by Crippen LogP contribution is -2.13. The van der Waals surface area contributed by atoms with Gasteiger partial charge in [0, 0.05) is 35.7 Å². The van der Waals surface area contributed by atoms with Gasteiger partial charge in [0.2, 0.25) is 0 Å². The number of allylic oxidation sites excluding steroid dienone is 2. The Hall–Kier alpha value is -3.30. The van der Waals surface area contributed by atoms with Gasteiger partial charge in [-0.05, 0) is 23.8 Å². The Labute approximate surface area is 137 Å². The highest BCUT2D eigenvalue weighted by atomic mass is 16.1. The highest BCUT2D eigenvalue weighted by Crippen LogP contribution is 2.31. The number of H-pyrrole nitrogens is 1. The van der Waals surface area contributed by atoms with Crippen LogP contribution in [-0.2, 0) is 13.0 Å². The molecule has 0 amide bonds. The van der Waals surface area contributed by atoms with Gasteiger partial charge < -0.3 is 5.73 Å². The number of nitrogens with one attached hydrogen (secondary N) is 1. The van der Waals surface area contributed by atoms with E-state index in [1.165, 1.54) is 0 Å². The first-order chi connectivity index (χ1) is 11.7. The third-order valence-corrected chi connectivity index (χ3v) is 4.27. The first-order valence-electron chi connectivity index (χ1n) is 7.52. The van der Waals surface area contributed by atoms with E-state index >= 15 is 0 Å². The number of hydrogen-bond acceptors (Lipinski definition) is 5. The average molecular weight is 315 g/mol.